The fraction of sp³-hybridized carbons (Fsp3) is 0.750. The van der Waals surface area contributed by atoms with Crippen LogP contribution in [0.5, 0.6) is 0 Å². The minimum atomic E-state index is -2.86. The van der Waals surface area contributed by atoms with Gasteiger partial charge >= 0.3 is 5.97 Å². The number of hydrogen-bond donors (Lipinski definition) is 3. The summed E-state index contributed by atoms with van der Waals surface area (Å²) in [6.45, 7) is 9.53. The maximum atomic E-state index is 14.1. The van der Waals surface area contributed by atoms with Crippen LogP contribution in [0, 0.1) is 23.7 Å². The van der Waals surface area contributed by atoms with Crippen molar-refractivity contribution >= 4 is 23.4 Å². The van der Waals surface area contributed by atoms with E-state index in [1.165, 1.54) is 17.6 Å². The molecule has 2 fully saturated rings. The fourth-order valence-corrected chi connectivity index (χ4v) is 8.92. The second kappa shape index (κ2) is 25.7. The number of Topliss-reactive ketones (excluding diaryl/α,β-unsaturated/α-hetero) is 2. The first-order valence-electron chi connectivity index (χ1n) is 22.6. The van der Waals surface area contributed by atoms with Crippen LogP contribution in [0.4, 0.5) is 0 Å². The molecule has 9 atom stereocenters. The molecule has 334 valence electrons. The molecule has 0 aromatic heterocycles. The Morgan fingerprint density at radius 1 is 0.847 bits per heavy atom. The van der Waals surface area contributed by atoms with Gasteiger partial charge in [0.05, 0.1) is 6.10 Å². The highest BCUT2D eigenvalue weighted by Gasteiger charge is 2.47. The minimum absolute atomic E-state index is 0.00541. The van der Waals surface area contributed by atoms with Crippen molar-refractivity contribution < 1.29 is 48.7 Å². The summed E-state index contributed by atoms with van der Waals surface area (Å²) in [5.74, 6) is -6.74. The van der Waals surface area contributed by atoms with Gasteiger partial charge in [-0.2, -0.15) is 0 Å². The van der Waals surface area contributed by atoms with Crippen molar-refractivity contribution in [3.8, 4) is 0 Å². The molecule has 1 aliphatic carbocycles. The van der Waals surface area contributed by atoms with Crippen molar-refractivity contribution in [1.29, 1.82) is 0 Å². The Balaban J connectivity index is 1.86. The lowest BCUT2D eigenvalue weighted by Crippen LogP contribution is -2.57. The number of aliphatic hydroxyl groups is 3. The van der Waals surface area contributed by atoms with Gasteiger partial charge in [0.25, 0.3) is 11.7 Å². The molecular formula is C48H77NO10. The third-order valence-corrected chi connectivity index (χ3v) is 13.1. The number of esters is 1. The lowest BCUT2D eigenvalue weighted by Gasteiger charge is -2.37. The lowest BCUT2D eigenvalue weighted by atomic mass is 9.80. The predicted molar refractivity (Wildman–Crippen MR) is 230 cm³/mol. The second-order valence-electron chi connectivity index (χ2n) is 17.8. The highest BCUT2D eigenvalue weighted by atomic mass is 16.5. The number of carbonyl (C=O) groups is 4. The summed E-state index contributed by atoms with van der Waals surface area (Å²) >= 11 is 0. The number of amides is 1. The molecule has 6 unspecified atom stereocenters. The van der Waals surface area contributed by atoms with Crippen LogP contribution in [0.3, 0.4) is 0 Å². The molecule has 0 radical (unpaired) electrons. The predicted octanol–water partition coefficient (Wildman–Crippen LogP) is 7.90. The summed E-state index contributed by atoms with van der Waals surface area (Å²) in [5.41, 5.74) is 1.83. The number of rotatable bonds is 5. The molecule has 3 aliphatic rings. The van der Waals surface area contributed by atoms with Crippen LogP contribution in [0.15, 0.2) is 47.6 Å². The summed E-state index contributed by atoms with van der Waals surface area (Å²) in [4.78, 5) is 55.9. The van der Waals surface area contributed by atoms with E-state index in [1.807, 2.05) is 37.3 Å². The quantitative estimate of drug-likeness (QED) is 0.108. The van der Waals surface area contributed by atoms with Gasteiger partial charge in [-0.3, -0.25) is 14.4 Å². The van der Waals surface area contributed by atoms with Gasteiger partial charge in [0.15, 0.2) is 5.78 Å². The number of carbonyl (C=O) groups excluding carboxylic acids is 4. The minimum Gasteiger partial charge on any atom is -0.461 e. The van der Waals surface area contributed by atoms with Gasteiger partial charge < -0.3 is 34.4 Å². The van der Waals surface area contributed by atoms with Crippen molar-refractivity contribution in [2.24, 2.45) is 23.7 Å². The van der Waals surface area contributed by atoms with Gasteiger partial charge in [-0.05, 0) is 121 Å². The molecule has 1 saturated carbocycles. The number of ether oxygens (including phenoxy) is 3. The van der Waals surface area contributed by atoms with Crippen LogP contribution in [0.25, 0.3) is 0 Å². The zero-order valence-corrected chi connectivity index (χ0v) is 37.2. The van der Waals surface area contributed by atoms with Gasteiger partial charge in [0, 0.05) is 32.6 Å². The molecule has 11 heteroatoms. The van der Waals surface area contributed by atoms with E-state index in [2.05, 4.69) is 19.9 Å². The van der Waals surface area contributed by atoms with E-state index in [4.69, 9.17) is 14.2 Å². The van der Waals surface area contributed by atoms with Crippen LogP contribution in [-0.2, 0) is 33.4 Å². The van der Waals surface area contributed by atoms with Crippen LogP contribution < -0.4 is 0 Å². The summed E-state index contributed by atoms with van der Waals surface area (Å²) in [6.07, 6.45) is 22.7. The topological polar surface area (TPSA) is 160 Å². The number of piperidine rings is 1. The second-order valence-corrected chi connectivity index (χ2v) is 17.8. The van der Waals surface area contributed by atoms with Crippen molar-refractivity contribution in [3.63, 3.8) is 0 Å². The van der Waals surface area contributed by atoms with Crippen molar-refractivity contribution in [2.45, 2.75) is 186 Å². The van der Waals surface area contributed by atoms with E-state index in [0.717, 1.165) is 51.4 Å². The number of cyclic esters (lactones) is 1. The van der Waals surface area contributed by atoms with Gasteiger partial charge in [-0.15, -0.1) is 0 Å². The Morgan fingerprint density at radius 2 is 1.59 bits per heavy atom. The lowest BCUT2D eigenvalue weighted by molar-refractivity contribution is -0.205. The number of fused-ring (bicyclic) bond motifs is 1. The smallest absolute Gasteiger partial charge is 0.329 e. The molecule has 1 amide bonds. The van der Waals surface area contributed by atoms with Crippen LogP contribution >= 0.6 is 0 Å². The molecule has 11 nitrogen and oxygen atoms in total. The van der Waals surface area contributed by atoms with E-state index in [1.54, 1.807) is 21.0 Å². The number of nitrogens with zero attached hydrogens (tertiary/aromatic N) is 1. The zero-order valence-electron chi connectivity index (χ0n) is 37.2. The standard InChI is InChI=1S/C48H77NO10/c1-33-21-12-9-8-10-14-23-34(2)42(50)44(58-7)43(51)35(3)24-16-17-29-41(36(4)31-38-26-20-27-39(32-38)57-6)59-47(54)40-28-18-19-30-49(40)46(53)45(52)48(55,56)37(5)25-15-11-13-22-33/h8-10,12,21,24,34,36-41,43-44,51,55-56H,11,13-20,22-23,25-32H2,1-7H3/b10-8+,12-9+,33-21+,35-24+/t34?,36-,37?,38?,39?,40?,41+,43?,44+/m1/s1. The normalized spacial score (nSPS) is 34.8. The molecule has 1 saturated heterocycles. The molecule has 0 aromatic rings. The third kappa shape index (κ3) is 15.8. The SMILES string of the molecule is COC1CCCC(C[C@@H](C)[C@@H]2CCC/C=C(\C)C(O)[C@@H](OC)C(=O)C(C)CC/C=C/C=C/C=C(\C)CCCCCC(C)C(O)(O)C(=O)C(=O)N3CCCCC3C(=O)O2)C1. The monoisotopic (exact) mass is 828 g/mol. The van der Waals surface area contributed by atoms with Gasteiger partial charge in [-0.25, -0.2) is 4.79 Å². The Bertz CT molecular complexity index is 1460. The highest BCUT2D eigenvalue weighted by Crippen LogP contribution is 2.34. The number of hydrogen-bond acceptors (Lipinski definition) is 10. The summed E-state index contributed by atoms with van der Waals surface area (Å²) < 4.78 is 17.5. The van der Waals surface area contributed by atoms with Gasteiger partial charge in [-0.1, -0.05) is 88.5 Å². The van der Waals surface area contributed by atoms with Gasteiger partial charge in [0.2, 0.25) is 5.79 Å². The number of ketones is 2. The molecule has 3 N–H and O–H groups in total. The molecule has 3 rings (SSSR count). The highest BCUT2D eigenvalue weighted by molar-refractivity contribution is 6.39. The molecule has 2 aliphatic heterocycles. The Labute approximate surface area is 354 Å². The third-order valence-electron chi connectivity index (χ3n) is 13.1. The van der Waals surface area contributed by atoms with E-state index in [0.29, 0.717) is 75.7 Å². The number of allylic oxidation sites excluding steroid dienone is 7. The summed E-state index contributed by atoms with van der Waals surface area (Å²) in [7, 11) is 3.20. The summed E-state index contributed by atoms with van der Waals surface area (Å²) in [5, 5.41) is 33.3. The first kappa shape index (κ1) is 50.4. The van der Waals surface area contributed by atoms with Crippen molar-refractivity contribution in [3.05, 3.63) is 47.6 Å². The largest absolute Gasteiger partial charge is 0.461 e. The average Bonchev–Trinajstić information content (AvgIpc) is 3.22. The Hall–Kier alpha value is -2.96. The molecule has 0 bridgehead atoms. The Kier molecular flexibility index (Phi) is 22.0. The first-order valence-corrected chi connectivity index (χ1v) is 22.6. The van der Waals surface area contributed by atoms with Crippen molar-refractivity contribution in [2.75, 3.05) is 20.8 Å². The van der Waals surface area contributed by atoms with Crippen LogP contribution in [0.2, 0.25) is 0 Å². The zero-order chi connectivity index (χ0) is 43.5. The molecule has 2 heterocycles. The molecular weight excluding hydrogens is 751 g/mol. The average molecular weight is 828 g/mol. The van der Waals surface area contributed by atoms with E-state index >= 15 is 0 Å². The van der Waals surface area contributed by atoms with E-state index in [9.17, 15) is 34.5 Å². The number of methoxy groups -OCH3 is 2. The molecule has 0 spiro atoms. The van der Waals surface area contributed by atoms with E-state index in [-0.39, 0.29) is 30.3 Å². The number of aliphatic hydroxyl groups excluding tert-OH is 1. The maximum absolute atomic E-state index is 14.1. The first-order chi connectivity index (χ1) is 28.1. The fourth-order valence-electron chi connectivity index (χ4n) is 8.92. The molecule has 0 aromatic carbocycles. The maximum Gasteiger partial charge on any atom is 0.329 e. The molecule has 59 heavy (non-hydrogen) atoms. The van der Waals surface area contributed by atoms with E-state index < -0.39 is 53.7 Å². The van der Waals surface area contributed by atoms with Gasteiger partial charge in [0.1, 0.15) is 24.4 Å². The van der Waals surface area contributed by atoms with Crippen molar-refractivity contribution in [1.82, 2.24) is 4.90 Å². The Morgan fingerprint density at radius 3 is 2.32 bits per heavy atom. The van der Waals surface area contributed by atoms with Crippen LogP contribution in [-0.4, -0.2) is 101 Å². The summed E-state index contributed by atoms with van der Waals surface area (Å²) in [6, 6.07) is -1.01. The van der Waals surface area contributed by atoms with Crippen LogP contribution in [0.1, 0.15) is 150 Å².